The molecular formula is CH8N6O2. The molecule has 0 heterocycles. The van der Waals surface area contributed by atoms with Crippen molar-refractivity contribution >= 4 is 5.96 Å². The molecule has 0 aromatic heterocycles. The van der Waals surface area contributed by atoms with Gasteiger partial charge in [0.2, 0.25) is 5.96 Å². The van der Waals surface area contributed by atoms with Gasteiger partial charge in [-0.3, -0.25) is 16.3 Å². The Morgan fingerprint density at radius 1 is 1.56 bits per heavy atom. The summed E-state index contributed by atoms with van der Waals surface area (Å²) in [5.74, 6) is 9.23. The van der Waals surface area contributed by atoms with Gasteiger partial charge in [0, 0.05) is 0 Å². The first-order valence-corrected chi connectivity index (χ1v) is 1.71. The summed E-state index contributed by atoms with van der Waals surface area (Å²) in [6.07, 6.45) is 0. The molecule has 0 aliphatic heterocycles. The molecule has 0 fully saturated rings. The first-order chi connectivity index (χ1) is 4.22. The van der Waals surface area contributed by atoms with Crippen molar-refractivity contribution < 1.29 is 5.21 Å². The van der Waals surface area contributed by atoms with Crippen LogP contribution in [0.3, 0.4) is 0 Å². The van der Waals surface area contributed by atoms with Crippen LogP contribution in [-0.2, 0) is 0 Å². The van der Waals surface area contributed by atoms with Gasteiger partial charge in [0.25, 0.3) is 0 Å². The van der Waals surface area contributed by atoms with Gasteiger partial charge >= 0.3 is 0 Å². The van der Waals surface area contributed by atoms with Crippen LogP contribution in [0.25, 0.3) is 0 Å². The van der Waals surface area contributed by atoms with Gasteiger partial charge in [-0.15, -0.1) is 4.91 Å². The zero-order valence-electron chi connectivity index (χ0n) is 4.46. The summed E-state index contributed by atoms with van der Waals surface area (Å²) in [7, 11) is 0. The van der Waals surface area contributed by atoms with Crippen LogP contribution < -0.4 is 22.5 Å². The van der Waals surface area contributed by atoms with Gasteiger partial charge in [0.15, 0.2) is 5.34 Å². The molecule has 0 amide bonds. The van der Waals surface area contributed by atoms with Crippen molar-refractivity contribution in [3.8, 4) is 0 Å². The Bertz CT molecular complexity index is 75.1. The molecule has 0 rings (SSSR count). The molecule has 0 radical (unpaired) electrons. The molecular weight excluding hydrogens is 128 g/mol. The van der Waals surface area contributed by atoms with E-state index in [0.717, 1.165) is 0 Å². The van der Waals surface area contributed by atoms with Gasteiger partial charge in [-0.25, -0.2) is 11.7 Å². The number of hydrogen-bond donors (Lipinski definition) is 6. The number of guanidine groups is 1. The third kappa shape index (κ3) is 20.7. The minimum Gasteiger partial charge on any atom is -0.379 e. The van der Waals surface area contributed by atoms with Crippen LogP contribution in [0.1, 0.15) is 0 Å². The van der Waals surface area contributed by atoms with E-state index in [0.29, 0.717) is 0 Å². The average molecular weight is 136 g/mol. The van der Waals surface area contributed by atoms with Gasteiger partial charge in [-0.1, -0.05) is 0 Å². The van der Waals surface area contributed by atoms with E-state index < -0.39 is 0 Å². The summed E-state index contributed by atoms with van der Waals surface area (Å²) in [6.45, 7) is 0. The molecule has 0 aromatic carbocycles. The van der Waals surface area contributed by atoms with E-state index in [2.05, 4.69) is 11.7 Å². The molecule has 0 spiro atoms. The van der Waals surface area contributed by atoms with Crippen LogP contribution >= 0.6 is 0 Å². The molecule has 8 N–H and O–H groups in total. The van der Waals surface area contributed by atoms with E-state index in [9.17, 15) is 0 Å². The predicted octanol–water partition coefficient (Wildman–Crippen LogP) is -2.01. The molecule has 0 atom stereocenters. The normalized spacial score (nSPS) is 6.00. The second kappa shape index (κ2) is 9.77. The van der Waals surface area contributed by atoms with Gasteiger partial charge in [0.05, 0.1) is 0 Å². The summed E-state index contributed by atoms with van der Waals surface area (Å²) in [4.78, 5) is 8.11. The fraction of sp³-hybridized carbons (Fsp3) is 0. The molecule has 0 unspecified atom stereocenters. The molecule has 0 saturated carbocycles. The Labute approximate surface area is 50.6 Å². The van der Waals surface area contributed by atoms with Crippen LogP contribution in [0, 0.1) is 10.3 Å². The monoisotopic (exact) mass is 136 g/mol. The summed E-state index contributed by atoms with van der Waals surface area (Å²) >= 11 is 0. The number of hydrogen-bond acceptors (Lipinski definition) is 5. The zero-order chi connectivity index (χ0) is 7.70. The minimum atomic E-state index is -0.102. The highest BCUT2D eigenvalue weighted by molar-refractivity contribution is 5.74. The van der Waals surface area contributed by atoms with Crippen molar-refractivity contribution in [3.63, 3.8) is 0 Å². The maximum Gasteiger partial charge on any atom is 0.217 e. The lowest BCUT2D eigenvalue weighted by Gasteiger charge is -1.95. The number of rotatable bonds is 0. The second-order valence-corrected chi connectivity index (χ2v) is 0.745. The maximum absolute atomic E-state index is 8.11. The van der Waals surface area contributed by atoms with E-state index >= 15 is 0 Å². The summed E-state index contributed by atoms with van der Waals surface area (Å²) in [5.41, 5.74) is 3.92. The Morgan fingerprint density at radius 2 is 1.78 bits per heavy atom. The standard InChI is InChI=1S/CH7N5.HNO2/c2-1(5-3)6-4;2-1-3/h3-4H2,(H3,2,5,6);(H,2,3). The minimum absolute atomic E-state index is 0.102. The predicted molar refractivity (Wildman–Crippen MR) is 30.0 cm³/mol. The maximum atomic E-state index is 8.11. The zero-order valence-corrected chi connectivity index (χ0v) is 4.46. The summed E-state index contributed by atoms with van der Waals surface area (Å²) < 4.78 is 0. The summed E-state index contributed by atoms with van der Waals surface area (Å²) in [6, 6.07) is 0. The van der Waals surface area contributed by atoms with E-state index in [-0.39, 0.29) is 5.96 Å². The second-order valence-electron chi connectivity index (χ2n) is 0.745. The number of hydrazine groups is 2. The molecule has 0 aromatic rings. The fourth-order valence-electron chi connectivity index (χ4n) is 0.0417. The fourth-order valence-corrected chi connectivity index (χ4v) is 0.0417. The average Bonchev–Trinajstić information content (AvgIpc) is 1.88. The van der Waals surface area contributed by atoms with Crippen molar-refractivity contribution in [1.29, 1.82) is 5.41 Å². The van der Waals surface area contributed by atoms with E-state index in [1.54, 1.807) is 0 Å². The molecule has 0 aliphatic carbocycles. The Morgan fingerprint density at radius 3 is 1.78 bits per heavy atom. The Hall–Kier alpha value is -1.41. The van der Waals surface area contributed by atoms with Crippen LogP contribution in [0.4, 0.5) is 0 Å². The van der Waals surface area contributed by atoms with Gasteiger partial charge in [-0.2, -0.15) is 0 Å². The van der Waals surface area contributed by atoms with Crippen LogP contribution in [0.15, 0.2) is 5.34 Å². The summed E-state index contributed by atoms with van der Waals surface area (Å²) in [5, 5.41) is 14.4. The first kappa shape index (κ1) is 10.5. The topological polar surface area (TPSA) is 150 Å². The Kier molecular flexibility index (Phi) is 11.5. The molecule has 0 aliphatic rings. The number of nitrogens with one attached hydrogen (secondary N) is 3. The van der Waals surface area contributed by atoms with Crippen molar-refractivity contribution in [3.05, 3.63) is 4.91 Å². The van der Waals surface area contributed by atoms with Crippen molar-refractivity contribution in [2.45, 2.75) is 0 Å². The third-order valence-corrected chi connectivity index (χ3v) is 0.289. The van der Waals surface area contributed by atoms with Gasteiger partial charge < -0.3 is 5.21 Å². The molecule has 9 heavy (non-hydrogen) atoms. The lowest BCUT2D eigenvalue weighted by atomic mass is 11.1. The van der Waals surface area contributed by atoms with Crippen LogP contribution in [0.2, 0.25) is 0 Å². The highest BCUT2D eigenvalue weighted by Crippen LogP contribution is 1.35. The number of nitrogens with zero attached hydrogens (tertiary/aromatic N) is 1. The Balaban J connectivity index is 0. The van der Waals surface area contributed by atoms with Crippen LogP contribution in [-0.4, -0.2) is 11.2 Å². The van der Waals surface area contributed by atoms with Gasteiger partial charge in [0.1, 0.15) is 0 Å². The first-order valence-electron chi connectivity index (χ1n) is 1.71. The molecule has 0 bridgehead atoms. The van der Waals surface area contributed by atoms with E-state index in [1.807, 2.05) is 10.9 Å². The SMILES string of the molecule is N=C(NN)NN.O=NO. The molecule has 54 valence electrons. The molecule has 0 saturated heterocycles. The smallest absolute Gasteiger partial charge is 0.217 e. The lowest BCUT2D eigenvalue weighted by Crippen LogP contribution is -2.44. The molecule has 8 heteroatoms. The van der Waals surface area contributed by atoms with Crippen molar-refractivity contribution in [2.75, 3.05) is 0 Å². The van der Waals surface area contributed by atoms with Crippen LogP contribution in [0.5, 0.6) is 0 Å². The van der Waals surface area contributed by atoms with E-state index in [4.69, 9.17) is 15.5 Å². The van der Waals surface area contributed by atoms with Crippen molar-refractivity contribution in [2.24, 2.45) is 17.0 Å². The van der Waals surface area contributed by atoms with Crippen molar-refractivity contribution in [1.82, 2.24) is 10.9 Å². The van der Waals surface area contributed by atoms with E-state index in [1.165, 1.54) is 5.34 Å². The number of nitrogens with two attached hydrogens (primary N) is 2. The quantitative estimate of drug-likeness (QED) is 0.0744. The largest absolute Gasteiger partial charge is 0.379 e. The highest BCUT2D eigenvalue weighted by Gasteiger charge is 1.76. The highest BCUT2D eigenvalue weighted by atomic mass is 16.6. The lowest BCUT2D eigenvalue weighted by molar-refractivity contribution is 0.312. The van der Waals surface area contributed by atoms with Gasteiger partial charge in [-0.05, 0) is 0 Å². The molecule has 8 nitrogen and oxygen atoms in total. The third-order valence-electron chi connectivity index (χ3n) is 0.289.